The molecule has 1 aromatic heterocycles. The van der Waals surface area contributed by atoms with Crippen molar-refractivity contribution in [3.63, 3.8) is 0 Å². The van der Waals surface area contributed by atoms with Gasteiger partial charge in [-0.3, -0.25) is 4.98 Å². The third-order valence-electron chi connectivity index (χ3n) is 3.15. The molecular weight excluding hydrogens is 240 g/mol. The second-order valence-electron chi connectivity index (χ2n) is 4.86. The molecule has 0 amide bonds. The summed E-state index contributed by atoms with van der Waals surface area (Å²) in [5.41, 5.74) is 4.78. The van der Waals surface area contributed by atoms with E-state index in [1.54, 1.807) is 7.11 Å². The lowest BCUT2D eigenvalue weighted by molar-refractivity contribution is 0.0712. The Bertz CT molecular complexity index is 371. The maximum Gasteiger partial charge on any atom is 0.0700 e. The lowest BCUT2D eigenvalue weighted by atomic mass is 10.0. The summed E-state index contributed by atoms with van der Waals surface area (Å²) in [6.07, 6.45) is 0. The predicted molar refractivity (Wildman–Crippen MR) is 77.6 cm³/mol. The van der Waals surface area contributed by atoms with Gasteiger partial charge in [-0.05, 0) is 44.9 Å². The average molecular weight is 266 g/mol. The number of hydrogen-bond donors (Lipinski definition) is 1. The molecule has 1 rings (SSSR count). The molecule has 0 fully saturated rings. The Morgan fingerprint density at radius 3 is 2.58 bits per heavy atom. The Kier molecular flexibility index (Phi) is 6.99. The molecule has 4 nitrogen and oxygen atoms in total. The highest BCUT2D eigenvalue weighted by Crippen LogP contribution is 2.20. The molecule has 1 aromatic rings. The third-order valence-corrected chi connectivity index (χ3v) is 3.15. The molecule has 19 heavy (non-hydrogen) atoms. The molecule has 0 aliphatic carbocycles. The highest BCUT2D eigenvalue weighted by atomic mass is 16.5. The van der Waals surface area contributed by atoms with Crippen molar-refractivity contribution in [1.29, 1.82) is 0 Å². The van der Waals surface area contributed by atoms with Crippen LogP contribution in [0.2, 0.25) is 0 Å². The van der Waals surface area contributed by atoms with E-state index in [1.165, 1.54) is 11.1 Å². The van der Waals surface area contributed by atoms with E-state index in [9.17, 15) is 0 Å². The average Bonchev–Trinajstić information content (AvgIpc) is 2.32. The number of aryl methyl sites for hydroxylation is 3. The van der Waals surface area contributed by atoms with E-state index in [1.807, 2.05) is 6.92 Å². The van der Waals surface area contributed by atoms with Gasteiger partial charge in [0, 0.05) is 31.1 Å². The minimum atomic E-state index is 0.291. The van der Waals surface area contributed by atoms with Gasteiger partial charge in [-0.1, -0.05) is 0 Å². The molecule has 1 N–H and O–H groups in total. The van der Waals surface area contributed by atoms with Crippen LogP contribution in [0.15, 0.2) is 6.07 Å². The fraction of sp³-hybridized carbons (Fsp3) is 0.667. The Morgan fingerprint density at radius 2 is 1.95 bits per heavy atom. The van der Waals surface area contributed by atoms with E-state index in [4.69, 9.17) is 9.47 Å². The molecule has 0 aliphatic rings. The van der Waals surface area contributed by atoms with Gasteiger partial charge in [0.25, 0.3) is 0 Å². The first-order valence-electron chi connectivity index (χ1n) is 6.81. The lowest BCUT2D eigenvalue weighted by Gasteiger charge is -2.19. The van der Waals surface area contributed by atoms with Crippen LogP contribution < -0.4 is 5.32 Å². The van der Waals surface area contributed by atoms with E-state index in [2.05, 4.69) is 37.1 Å². The fourth-order valence-corrected chi connectivity index (χ4v) is 2.38. The van der Waals surface area contributed by atoms with Gasteiger partial charge in [0.05, 0.1) is 19.8 Å². The summed E-state index contributed by atoms with van der Waals surface area (Å²) >= 11 is 0. The number of hydrogen-bond acceptors (Lipinski definition) is 4. The largest absolute Gasteiger partial charge is 0.382 e. The summed E-state index contributed by atoms with van der Waals surface area (Å²) in [6, 6.07) is 2.43. The molecular formula is C15H26N2O2. The molecule has 0 aliphatic heterocycles. The van der Waals surface area contributed by atoms with Gasteiger partial charge >= 0.3 is 0 Å². The first-order valence-corrected chi connectivity index (χ1v) is 6.81. The van der Waals surface area contributed by atoms with Crippen LogP contribution in [0.4, 0.5) is 0 Å². The summed E-state index contributed by atoms with van der Waals surface area (Å²) in [4.78, 5) is 4.54. The lowest BCUT2D eigenvalue weighted by Crippen LogP contribution is -2.25. The third kappa shape index (κ3) is 5.27. The van der Waals surface area contributed by atoms with Crippen LogP contribution in [-0.2, 0) is 9.47 Å². The molecule has 0 radical (unpaired) electrons. The molecule has 1 heterocycles. The quantitative estimate of drug-likeness (QED) is 0.733. The SMILES string of the molecule is COCCOCCNC(C)c1c(C)cc(C)nc1C. The predicted octanol–water partition coefficient (Wildman–Crippen LogP) is 2.32. The molecule has 4 heteroatoms. The van der Waals surface area contributed by atoms with Crippen molar-refractivity contribution in [2.45, 2.75) is 33.7 Å². The van der Waals surface area contributed by atoms with Crippen LogP contribution in [0.3, 0.4) is 0 Å². The van der Waals surface area contributed by atoms with Gasteiger partial charge < -0.3 is 14.8 Å². The molecule has 108 valence electrons. The van der Waals surface area contributed by atoms with Crippen LogP contribution >= 0.6 is 0 Å². The van der Waals surface area contributed by atoms with Gasteiger partial charge in [-0.2, -0.15) is 0 Å². The number of methoxy groups -OCH3 is 1. The monoisotopic (exact) mass is 266 g/mol. The highest BCUT2D eigenvalue weighted by molar-refractivity contribution is 5.33. The molecule has 1 atom stereocenters. The van der Waals surface area contributed by atoms with Crippen molar-refractivity contribution in [1.82, 2.24) is 10.3 Å². The van der Waals surface area contributed by atoms with Crippen molar-refractivity contribution < 1.29 is 9.47 Å². The van der Waals surface area contributed by atoms with Crippen LogP contribution in [0, 0.1) is 20.8 Å². The zero-order valence-electron chi connectivity index (χ0n) is 12.7. The summed E-state index contributed by atoms with van der Waals surface area (Å²) < 4.78 is 10.4. The molecule has 0 spiro atoms. The Morgan fingerprint density at radius 1 is 1.21 bits per heavy atom. The summed E-state index contributed by atoms with van der Waals surface area (Å²) in [5.74, 6) is 0. The van der Waals surface area contributed by atoms with E-state index in [0.717, 1.165) is 17.9 Å². The van der Waals surface area contributed by atoms with Crippen molar-refractivity contribution in [2.75, 3.05) is 33.5 Å². The van der Waals surface area contributed by atoms with Crippen molar-refractivity contribution in [3.05, 3.63) is 28.6 Å². The van der Waals surface area contributed by atoms with E-state index in [0.29, 0.717) is 25.9 Å². The van der Waals surface area contributed by atoms with E-state index < -0.39 is 0 Å². The van der Waals surface area contributed by atoms with Crippen molar-refractivity contribution in [2.24, 2.45) is 0 Å². The Balaban J connectivity index is 2.43. The zero-order valence-corrected chi connectivity index (χ0v) is 12.7. The fourth-order valence-electron chi connectivity index (χ4n) is 2.38. The molecule has 0 saturated heterocycles. The topological polar surface area (TPSA) is 43.4 Å². The van der Waals surface area contributed by atoms with Crippen LogP contribution in [0.25, 0.3) is 0 Å². The highest BCUT2D eigenvalue weighted by Gasteiger charge is 2.12. The summed E-state index contributed by atoms with van der Waals surface area (Å²) in [6.45, 7) is 11.2. The summed E-state index contributed by atoms with van der Waals surface area (Å²) in [7, 11) is 1.68. The molecule has 0 saturated carbocycles. The zero-order chi connectivity index (χ0) is 14.3. The first kappa shape index (κ1) is 16.1. The number of ether oxygens (including phenoxy) is 2. The number of pyridine rings is 1. The number of aromatic nitrogens is 1. The minimum absolute atomic E-state index is 0.291. The maximum absolute atomic E-state index is 5.44. The number of nitrogens with one attached hydrogen (secondary N) is 1. The van der Waals surface area contributed by atoms with Gasteiger partial charge in [-0.15, -0.1) is 0 Å². The standard InChI is InChI=1S/C15H26N2O2/c1-11-10-12(2)17-14(4)15(11)13(3)16-6-7-19-9-8-18-5/h10,13,16H,6-9H2,1-5H3. The van der Waals surface area contributed by atoms with Crippen molar-refractivity contribution >= 4 is 0 Å². The summed E-state index contributed by atoms with van der Waals surface area (Å²) in [5, 5.41) is 3.47. The first-order chi connectivity index (χ1) is 9.06. The van der Waals surface area contributed by atoms with E-state index in [-0.39, 0.29) is 0 Å². The smallest absolute Gasteiger partial charge is 0.0700 e. The second-order valence-corrected chi connectivity index (χ2v) is 4.86. The molecule has 0 bridgehead atoms. The van der Waals surface area contributed by atoms with Crippen LogP contribution in [0.5, 0.6) is 0 Å². The molecule has 1 unspecified atom stereocenters. The maximum atomic E-state index is 5.44. The van der Waals surface area contributed by atoms with Gasteiger partial charge in [-0.25, -0.2) is 0 Å². The normalized spacial score (nSPS) is 12.7. The van der Waals surface area contributed by atoms with Crippen LogP contribution in [0.1, 0.15) is 35.5 Å². The van der Waals surface area contributed by atoms with Gasteiger partial charge in [0.15, 0.2) is 0 Å². The van der Waals surface area contributed by atoms with Crippen LogP contribution in [-0.4, -0.2) is 38.5 Å². The Hall–Kier alpha value is -0.970. The number of nitrogens with zero attached hydrogens (tertiary/aromatic N) is 1. The van der Waals surface area contributed by atoms with Crippen molar-refractivity contribution in [3.8, 4) is 0 Å². The van der Waals surface area contributed by atoms with Gasteiger partial charge in [0.2, 0.25) is 0 Å². The second kappa shape index (κ2) is 8.25. The number of rotatable bonds is 8. The minimum Gasteiger partial charge on any atom is -0.382 e. The van der Waals surface area contributed by atoms with E-state index >= 15 is 0 Å². The van der Waals surface area contributed by atoms with Gasteiger partial charge in [0.1, 0.15) is 0 Å². The Labute approximate surface area is 116 Å². The molecule has 0 aromatic carbocycles.